The van der Waals surface area contributed by atoms with Gasteiger partial charge in [0, 0.05) is 35.8 Å². The summed E-state index contributed by atoms with van der Waals surface area (Å²) in [6.45, 7) is 7.24. The second kappa shape index (κ2) is 11.3. The zero-order valence-electron chi connectivity index (χ0n) is 22.9. The maximum atomic E-state index is 14.4. The molecule has 4 aromatic rings. The van der Waals surface area contributed by atoms with E-state index in [4.69, 9.17) is 9.47 Å². The number of nitro groups is 1. The van der Waals surface area contributed by atoms with Crippen LogP contribution in [0.3, 0.4) is 0 Å². The normalized spacial score (nSPS) is 17.4. The molecular formula is C30H30FN3O6S. The number of amides is 1. The number of hydrogen-bond acceptors (Lipinski definition) is 7. The number of fused-ring (bicyclic) bond motifs is 1. The zero-order valence-corrected chi connectivity index (χ0v) is 23.7. The van der Waals surface area contributed by atoms with Crippen LogP contribution in [0.4, 0.5) is 14.9 Å². The summed E-state index contributed by atoms with van der Waals surface area (Å²) in [5.74, 6) is 0.474. The Kier molecular flexibility index (Phi) is 7.81. The van der Waals surface area contributed by atoms with E-state index in [0.717, 1.165) is 39.8 Å². The highest BCUT2D eigenvalue weighted by Crippen LogP contribution is 2.40. The predicted molar refractivity (Wildman–Crippen MR) is 154 cm³/mol. The summed E-state index contributed by atoms with van der Waals surface area (Å²) in [5, 5.41) is 20.5. The number of benzene rings is 2. The molecule has 41 heavy (non-hydrogen) atoms. The molecule has 1 aliphatic rings. The second-order valence-corrected chi connectivity index (χ2v) is 12.2. The van der Waals surface area contributed by atoms with Crippen molar-refractivity contribution >= 4 is 33.3 Å². The van der Waals surface area contributed by atoms with Crippen molar-refractivity contribution in [2.24, 2.45) is 11.3 Å². The van der Waals surface area contributed by atoms with E-state index in [2.05, 4.69) is 25.8 Å². The van der Waals surface area contributed by atoms with Crippen LogP contribution in [0.25, 0.3) is 20.7 Å². The molecule has 9 nitrogen and oxygen atoms in total. The number of rotatable bonds is 7. The van der Waals surface area contributed by atoms with E-state index < -0.39 is 16.8 Å². The summed E-state index contributed by atoms with van der Waals surface area (Å²) in [4.78, 5) is 28.9. The fourth-order valence-electron chi connectivity index (χ4n) is 5.11. The number of likely N-dealkylation sites (tertiary alicyclic amines) is 1. The Balaban J connectivity index is 1.27. The average Bonchev–Trinajstić information content (AvgIpc) is 3.38. The van der Waals surface area contributed by atoms with Gasteiger partial charge in [-0.1, -0.05) is 20.8 Å². The van der Waals surface area contributed by atoms with Crippen molar-refractivity contribution in [3.8, 4) is 27.7 Å². The standard InChI is InChI=1S/C30H30FN3O6S/c1-30(2,3)27-14-18(11-13-33(27)29(35)36)17-39-21-7-4-19(5-8-21)26-16-23-28(41-26)25(10-12-32-23)40-24-9-6-20(34(37)38)15-22(24)31/h4-10,12,15-16,18,27H,11,13-14,17H2,1-3H3,(H,35,36). The van der Waals surface area contributed by atoms with Crippen molar-refractivity contribution in [3.63, 3.8) is 0 Å². The Morgan fingerprint density at radius 1 is 1.17 bits per heavy atom. The van der Waals surface area contributed by atoms with Crippen molar-refractivity contribution in [1.29, 1.82) is 0 Å². The molecule has 0 bridgehead atoms. The molecule has 1 N–H and O–H groups in total. The van der Waals surface area contributed by atoms with E-state index >= 15 is 0 Å². The van der Waals surface area contributed by atoms with Gasteiger partial charge in [-0.3, -0.25) is 15.1 Å². The topological polar surface area (TPSA) is 115 Å². The van der Waals surface area contributed by atoms with Crippen molar-refractivity contribution < 1.29 is 28.7 Å². The van der Waals surface area contributed by atoms with Crippen LogP contribution in [-0.2, 0) is 0 Å². The number of nitrogens with zero attached hydrogens (tertiary/aromatic N) is 3. The van der Waals surface area contributed by atoms with E-state index in [1.165, 1.54) is 23.5 Å². The van der Waals surface area contributed by atoms with Gasteiger partial charge in [-0.05, 0) is 66.1 Å². The lowest BCUT2D eigenvalue weighted by Crippen LogP contribution is -2.52. The first-order chi connectivity index (χ1) is 19.5. The summed E-state index contributed by atoms with van der Waals surface area (Å²) in [5.41, 5.74) is 1.14. The lowest BCUT2D eigenvalue weighted by molar-refractivity contribution is -0.385. The highest BCUT2D eigenvalue weighted by molar-refractivity contribution is 7.22. The molecule has 0 radical (unpaired) electrons. The Morgan fingerprint density at radius 3 is 2.59 bits per heavy atom. The quantitative estimate of drug-likeness (QED) is 0.174. The maximum Gasteiger partial charge on any atom is 0.407 e. The third-order valence-electron chi connectivity index (χ3n) is 7.30. The number of aromatic nitrogens is 1. The van der Waals surface area contributed by atoms with Gasteiger partial charge in [0.2, 0.25) is 0 Å². The predicted octanol–water partition coefficient (Wildman–Crippen LogP) is 7.99. The summed E-state index contributed by atoms with van der Waals surface area (Å²) >= 11 is 1.45. The van der Waals surface area contributed by atoms with Crippen LogP contribution >= 0.6 is 11.3 Å². The van der Waals surface area contributed by atoms with Gasteiger partial charge in [0.15, 0.2) is 11.6 Å². The third kappa shape index (κ3) is 6.25. The molecule has 1 aliphatic heterocycles. The number of non-ortho nitro benzene ring substituents is 1. The summed E-state index contributed by atoms with van der Waals surface area (Å²) in [6.07, 6.45) is 2.23. The van der Waals surface area contributed by atoms with E-state index in [1.807, 2.05) is 30.3 Å². The minimum absolute atomic E-state index is 0.0583. The van der Waals surface area contributed by atoms with E-state index in [0.29, 0.717) is 24.4 Å². The van der Waals surface area contributed by atoms with Gasteiger partial charge in [-0.15, -0.1) is 11.3 Å². The van der Waals surface area contributed by atoms with Crippen LogP contribution in [0.15, 0.2) is 60.8 Å². The smallest absolute Gasteiger partial charge is 0.407 e. The van der Waals surface area contributed by atoms with E-state index in [-0.39, 0.29) is 28.8 Å². The molecule has 11 heteroatoms. The van der Waals surface area contributed by atoms with Gasteiger partial charge in [0.05, 0.1) is 27.8 Å². The zero-order chi connectivity index (χ0) is 29.3. The molecule has 0 saturated carbocycles. The largest absolute Gasteiger partial charge is 0.493 e. The van der Waals surface area contributed by atoms with Crippen molar-refractivity contribution in [1.82, 2.24) is 9.88 Å². The van der Waals surface area contributed by atoms with Crippen LogP contribution in [0.1, 0.15) is 33.6 Å². The molecule has 1 fully saturated rings. The number of carbonyl (C=O) groups is 1. The van der Waals surface area contributed by atoms with Crippen LogP contribution < -0.4 is 9.47 Å². The number of hydrogen-bond donors (Lipinski definition) is 1. The number of nitro benzene ring substituents is 1. The first kappa shape index (κ1) is 28.3. The number of ether oxygens (including phenoxy) is 2. The number of halogens is 1. The van der Waals surface area contributed by atoms with Crippen LogP contribution in [-0.4, -0.2) is 45.2 Å². The lowest BCUT2D eigenvalue weighted by Gasteiger charge is -2.44. The minimum Gasteiger partial charge on any atom is -0.493 e. The van der Waals surface area contributed by atoms with Gasteiger partial charge < -0.3 is 19.5 Å². The summed E-state index contributed by atoms with van der Waals surface area (Å²) in [7, 11) is 0. The Labute approximate surface area is 240 Å². The molecule has 2 aromatic heterocycles. The molecule has 2 unspecified atom stereocenters. The fraction of sp³-hybridized carbons (Fsp3) is 0.333. The second-order valence-electron chi connectivity index (χ2n) is 11.2. The lowest BCUT2D eigenvalue weighted by atomic mass is 9.77. The maximum absolute atomic E-state index is 14.4. The Morgan fingerprint density at radius 2 is 1.93 bits per heavy atom. The third-order valence-corrected chi connectivity index (χ3v) is 8.49. The molecule has 3 heterocycles. The molecule has 1 amide bonds. The molecular weight excluding hydrogens is 549 g/mol. The molecule has 0 spiro atoms. The van der Waals surface area contributed by atoms with Crippen LogP contribution in [0, 0.1) is 27.3 Å². The first-order valence-electron chi connectivity index (χ1n) is 13.2. The number of pyridine rings is 1. The van der Waals surface area contributed by atoms with Gasteiger partial charge >= 0.3 is 6.09 Å². The Bertz CT molecular complexity index is 1580. The van der Waals surface area contributed by atoms with Crippen molar-refractivity contribution in [2.45, 2.75) is 39.7 Å². The van der Waals surface area contributed by atoms with Gasteiger partial charge in [0.25, 0.3) is 5.69 Å². The summed E-state index contributed by atoms with van der Waals surface area (Å²) in [6, 6.07) is 14.5. The van der Waals surface area contributed by atoms with Crippen molar-refractivity contribution in [2.75, 3.05) is 13.2 Å². The highest BCUT2D eigenvalue weighted by Gasteiger charge is 2.38. The number of carboxylic acid groups (broad SMARTS) is 1. The van der Waals surface area contributed by atoms with Crippen molar-refractivity contribution in [3.05, 3.63) is 76.7 Å². The Hall–Kier alpha value is -4.25. The van der Waals surface area contributed by atoms with Crippen LogP contribution in [0.5, 0.6) is 17.2 Å². The van der Waals surface area contributed by atoms with E-state index in [9.17, 15) is 24.4 Å². The summed E-state index contributed by atoms with van der Waals surface area (Å²) < 4.78 is 27.0. The SMILES string of the molecule is CC(C)(C)C1CC(COc2ccc(-c3cc4nccc(Oc5ccc([N+](=O)[O-])cc5F)c4s3)cc2)CCN1C(=O)O. The molecule has 2 atom stereocenters. The average molecular weight is 580 g/mol. The molecule has 1 saturated heterocycles. The molecule has 214 valence electrons. The fourth-order valence-corrected chi connectivity index (χ4v) is 6.18. The number of piperidine rings is 1. The molecule has 0 aliphatic carbocycles. The van der Waals surface area contributed by atoms with Crippen LogP contribution in [0.2, 0.25) is 0 Å². The molecule has 2 aromatic carbocycles. The highest BCUT2D eigenvalue weighted by atomic mass is 32.1. The first-order valence-corrected chi connectivity index (χ1v) is 14.0. The monoisotopic (exact) mass is 579 g/mol. The van der Waals surface area contributed by atoms with Gasteiger partial charge in [-0.25, -0.2) is 9.18 Å². The van der Waals surface area contributed by atoms with Gasteiger partial charge in [0.1, 0.15) is 11.5 Å². The molecule has 5 rings (SSSR count). The van der Waals surface area contributed by atoms with E-state index in [1.54, 1.807) is 17.2 Å². The van der Waals surface area contributed by atoms with Gasteiger partial charge in [-0.2, -0.15) is 0 Å². The minimum atomic E-state index is -0.867. The number of thiophene rings is 1.